The molecule has 1 aromatic rings. The Hall–Kier alpha value is -1.14. The van der Waals surface area contributed by atoms with Crippen molar-refractivity contribution < 1.29 is 19.1 Å². The number of hydrogen-bond donors (Lipinski definition) is 0. The van der Waals surface area contributed by atoms with E-state index in [0.717, 1.165) is 5.56 Å². The van der Waals surface area contributed by atoms with Crippen LogP contribution in [0, 0.1) is 0 Å². The lowest BCUT2D eigenvalue weighted by molar-refractivity contribution is -0.144. The zero-order valence-corrected chi connectivity index (χ0v) is 13.1. The van der Waals surface area contributed by atoms with Crippen molar-refractivity contribution >= 4 is 49.4 Å². The SMILES string of the molecule is COC(=O)C(Br)C1(Br)OC(c2ccccc2)=CC1=O. The Kier molecular flexibility index (Phi) is 4.10. The summed E-state index contributed by atoms with van der Waals surface area (Å²) in [6, 6.07) is 9.18. The van der Waals surface area contributed by atoms with Crippen molar-refractivity contribution in [3.63, 3.8) is 0 Å². The van der Waals surface area contributed by atoms with Gasteiger partial charge in [-0.1, -0.05) is 46.3 Å². The minimum Gasteiger partial charge on any atom is -0.468 e. The van der Waals surface area contributed by atoms with Crippen LogP contribution in [0.25, 0.3) is 5.76 Å². The molecular weight excluding hydrogens is 380 g/mol. The number of benzene rings is 1. The second-order valence-corrected chi connectivity index (χ2v) is 5.97. The summed E-state index contributed by atoms with van der Waals surface area (Å²) in [5, 5.41) is 0. The number of ketones is 1. The van der Waals surface area contributed by atoms with E-state index in [9.17, 15) is 9.59 Å². The fourth-order valence-electron chi connectivity index (χ4n) is 1.63. The van der Waals surface area contributed by atoms with Gasteiger partial charge < -0.3 is 9.47 Å². The monoisotopic (exact) mass is 388 g/mol. The fourth-order valence-corrected chi connectivity index (χ4v) is 2.62. The summed E-state index contributed by atoms with van der Waals surface area (Å²) in [5.74, 6) is -0.526. The zero-order chi connectivity index (χ0) is 14.0. The molecule has 0 amide bonds. The Bertz CT molecular complexity index is 541. The van der Waals surface area contributed by atoms with Crippen molar-refractivity contribution in [1.29, 1.82) is 0 Å². The van der Waals surface area contributed by atoms with E-state index in [-0.39, 0.29) is 5.78 Å². The first-order valence-corrected chi connectivity index (χ1v) is 7.11. The normalized spacial score (nSPS) is 23.5. The van der Waals surface area contributed by atoms with E-state index in [0.29, 0.717) is 5.76 Å². The highest BCUT2D eigenvalue weighted by Gasteiger charge is 2.52. The maximum absolute atomic E-state index is 12.1. The highest BCUT2D eigenvalue weighted by molar-refractivity contribution is 9.13. The molecular formula is C13H10Br2O4. The summed E-state index contributed by atoms with van der Waals surface area (Å²) in [7, 11) is 1.25. The number of ether oxygens (including phenoxy) is 2. The van der Waals surface area contributed by atoms with Crippen molar-refractivity contribution in [1.82, 2.24) is 0 Å². The predicted molar refractivity (Wildman–Crippen MR) is 76.9 cm³/mol. The molecule has 0 fully saturated rings. The van der Waals surface area contributed by atoms with Gasteiger partial charge in [-0.2, -0.15) is 0 Å². The van der Waals surface area contributed by atoms with Gasteiger partial charge in [-0.15, -0.1) is 0 Å². The van der Waals surface area contributed by atoms with Crippen LogP contribution in [0.3, 0.4) is 0 Å². The number of carbonyl (C=O) groups is 2. The molecule has 0 saturated heterocycles. The highest BCUT2D eigenvalue weighted by Crippen LogP contribution is 2.41. The molecule has 0 radical (unpaired) electrons. The van der Waals surface area contributed by atoms with Crippen molar-refractivity contribution in [2.24, 2.45) is 0 Å². The van der Waals surface area contributed by atoms with Crippen LogP contribution in [0.1, 0.15) is 5.56 Å². The Morgan fingerprint density at radius 3 is 2.58 bits per heavy atom. The third-order valence-electron chi connectivity index (χ3n) is 2.65. The molecule has 0 bridgehead atoms. The van der Waals surface area contributed by atoms with Crippen LogP contribution >= 0.6 is 31.9 Å². The van der Waals surface area contributed by atoms with E-state index in [1.165, 1.54) is 13.2 Å². The number of rotatable bonds is 3. The standard InChI is InChI=1S/C13H10Br2O4/c1-18-12(17)11(14)13(15)10(16)7-9(19-13)8-5-3-2-4-6-8/h2-7,11H,1H3. The first-order chi connectivity index (χ1) is 8.99. The third-order valence-corrected chi connectivity index (χ3v) is 5.29. The molecule has 0 saturated carbocycles. The van der Waals surface area contributed by atoms with Crippen molar-refractivity contribution in [3.8, 4) is 0 Å². The van der Waals surface area contributed by atoms with Gasteiger partial charge in [0.2, 0.25) is 10.3 Å². The molecule has 2 rings (SSSR count). The summed E-state index contributed by atoms with van der Waals surface area (Å²) >= 11 is 6.31. The van der Waals surface area contributed by atoms with Gasteiger partial charge in [-0.05, 0) is 15.9 Å². The number of methoxy groups -OCH3 is 1. The van der Waals surface area contributed by atoms with Gasteiger partial charge >= 0.3 is 5.97 Å². The first-order valence-electron chi connectivity index (χ1n) is 5.40. The average molecular weight is 390 g/mol. The molecule has 1 aromatic carbocycles. The summed E-state index contributed by atoms with van der Waals surface area (Å²) in [6.07, 6.45) is 1.36. The lowest BCUT2D eigenvalue weighted by Gasteiger charge is -2.25. The molecule has 1 aliphatic rings. The Balaban J connectivity index is 2.27. The number of alkyl halides is 2. The molecule has 0 aliphatic carbocycles. The Labute approximate surface area is 127 Å². The van der Waals surface area contributed by atoms with Crippen LogP contribution < -0.4 is 0 Å². The van der Waals surface area contributed by atoms with E-state index >= 15 is 0 Å². The van der Waals surface area contributed by atoms with Crippen LogP contribution in [0.5, 0.6) is 0 Å². The molecule has 0 N–H and O–H groups in total. The fraction of sp³-hybridized carbons (Fsp3) is 0.231. The minimum absolute atomic E-state index is 0.348. The van der Waals surface area contributed by atoms with Crippen LogP contribution in [0.15, 0.2) is 36.4 Å². The van der Waals surface area contributed by atoms with E-state index in [4.69, 9.17) is 4.74 Å². The van der Waals surface area contributed by atoms with Gasteiger partial charge in [-0.25, -0.2) is 0 Å². The molecule has 0 aromatic heterocycles. The molecule has 1 aliphatic heterocycles. The molecule has 2 atom stereocenters. The Morgan fingerprint density at radius 1 is 1.37 bits per heavy atom. The van der Waals surface area contributed by atoms with Crippen molar-refractivity contribution in [3.05, 3.63) is 42.0 Å². The summed E-state index contributed by atoms with van der Waals surface area (Å²) in [5.41, 5.74) is 0.766. The summed E-state index contributed by atoms with van der Waals surface area (Å²) < 4.78 is 8.75. The van der Waals surface area contributed by atoms with Crippen molar-refractivity contribution in [2.75, 3.05) is 7.11 Å². The minimum atomic E-state index is -1.47. The lowest BCUT2D eigenvalue weighted by atomic mass is 10.1. The second-order valence-electron chi connectivity index (χ2n) is 3.87. The van der Waals surface area contributed by atoms with Gasteiger partial charge in [-0.3, -0.25) is 9.59 Å². The highest BCUT2D eigenvalue weighted by atomic mass is 79.9. The molecule has 19 heavy (non-hydrogen) atoms. The van der Waals surface area contributed by atoms with Gasteiger partial charge in [0.05, 0.1) is 7.11 Å². The van der Waals surface area contributed by atoms with Gasteiger partial charge in [0, 0.05) is 11.6 Å². The largest absolute Gasteiger partial charge is 0.468 e. The van der Waals surface area contributed by atoms with Crippen LogP contribution in [-0.2, 0) is 19.1 Å². The van der Waals surface area contributed by atoms with Crippen LogP contribution in [0.4, 0.5) is 0 Å². The summed E-state index contributed by atoms with van der Waals surface area (Å²) in [6.45, 7) is 0. The number of hydrogen-bond acceptors (Lipinski definition) is 4. The average Bonchev–Trinajstić information content (AvgIpc) is 2.75. The van der Waals surface area contributed by atoms with Crippen LogP contribution in [-0.4, -0.2) is 28.2 Å². The second kappa shape index (κ2) is 5.46. The van der Waals surface area contributed by atoms with Crippen molar-refractivity contribution in [2.45, 2.75) is 9.34 Å². The molecule has 2 unspecified atom stereocenters. The summed E-state index contributed by atoms with van der Waals surface area (Å²) in [4.78, 5) is 22.7. The third kappa shape index (κ3) is 2.60. The molecule has 4 nitrogen and oxygen atoms in total. The zero-order valence-electron chi connectivity index (χ0n) is 9.93. The molecule has 0 spiro atoms. The maximum atomic E-state index is 12.1. The molecule has 1 heterocycles. The van der Waals surface area contributed by atoms with Gasteiger partial charge in [0.25, 0.3) is 0 Å². The van der Waals surface area contributed by atoms with E-state index in [1.54, 1.807) is 0 Å². The first kappa shape index (κ1) is 14.3. The quantitative estimate of drug-likeness (QED) is 0.589. The van der Waals surface area contributed by atoms with E-state index in [2.05, 4.69) is 36.6 Å². The van der Waals surface area contributed by atoms with Gasteiger partial charge in [0.1, 0.15) is 5.76 Å². The lowest BCUT2D eigenvalue weighted by Crippen LogP contribution is -2.43. The number of esters is 1. The number of halogens is 2. The van der Waals surface area contributed by atoms with E-state index < -0.39 is 15.3 Å². The van der Waals surface area contributed by atoms with Gasteiger partial charge in [0.15, 0.2) is 4.83 Å². The van der Waals surface area contributed by atoms with Crippen LogP contribution in [0.2, 0.25) is 0 Å². The smallest absolute Gasteiger partial charge is 0.325 e. The molecule has 6 heteroatoms. The Morgan fingerprint density at radius 2 is 2.00 bits per heavy atom. The van der Waals surface area contributed by atoms with E-state index in [1.807, 2.05) is 30.3 Å². The molecule has 100 valence electrons. The predicted octanol–water partition coefficient (Wildman–Crippen LogP) is 2.65. The topological polar surface area (TPSA) is 52.6 Å². The maximum Gasteiger partial charge on any atom is 0.325 e. The number of carbonyl (C=O) groups excluding carboxylic acids is 2.